The molecule has 0 radical (unpaired) electrons. The Morgan fingerprint density at radius 2 is 1.70 bits per heavy atom. The smallest absolute Gasteiger partial charge is 0.325 e. The van der Waals surface area contributed by atoms with E-state index >= 15 is 0 Å². The first-order valence-electron chi connectivity index (χ1n) is 16.5. The van der Waals surface area contributed by atoms with Gasteiger partial charge in [-0.1, -0.05) is 42.3 Å². The number of hydrogen-bond donors (Lipinski definition) is 2. The third kappa shape index (κ3) is 10.2. The van der Waals surface area contributed by atoms with Crippen molar-refractivity contribution in [2.45, 2.75) is 33.4 Å². The van der Waals surface area contributed by atoms with Gasteiger partial charge in [-0.25, -0.2) is 0 Å². The molecule has 5 rings (SSSR count). The predicted molar refractivity (Wildman–Crippen MR) is 196 cm³/mol. The van der Waals surface area contributed by atoms with Crippen LogP contribution in [0.3, 0.4) is 0 Å². The number of benzene rings is 4. The maximum absolute atomic E-state index is 13.0. The van der Waals surface area contributed by atoms with Crippen molar-refractivity contribution >= 4 is 35.2 Å². The summed E-state index contributed by atoms with van der Waals surface area (Å²) in [7, 11) is 0. The lowest BCUT2D eigenvalue weighted by molar-refractivity contribution is -0.141. The van der Waals surface area contributed by atoms with Gasteiger partial charge in [-0.3, -0.25) is 9.59 Å². The number of nitrogens with one attached hydrogen (secondary N) is 2. The number of rotatable bonds is 16. The van der Waals surface area contributed by atoms with E-state index in [9.17, 15) is 14.9 Å². The normalized spacial score (nSPS) is 13.6. The molecule has 1 atom stereocenters. The molecule has 1 aliphatic heterocycles. The van der Waals surface area contributed by atoms with E-state index in [0.717, 1.165) is 34.5 Å². The number of hydrogen-bond acceptors (Lipinski definition) is 10. The number of amides is 1. The van der Waals surface area contributed by atoms with Crippen LogP contribution >= 0.6 is 11.9 Å². The zero-order valence-electron chi connectivity index (χ0n) is 28.6. The highest BCUT2D eigenvalue weighted by atomic mass is 32.2. The predicted octanol–water partition coefficient (Wildman–Crippen LogP) is 7.26. The van der Waals surface area contributed by atoms with Gasteiger partial charge in [-0.15, -0.1) is 0 Å². The van der Waals surface area contributed by atoms with E-state index in [-0.39, 0.29) is 19.1 Å². The summed E-state index contributed by atoms with van der Waals surface area (Å²) < 4.78 is 26.1. The molecule has 0 bridgehead atoms. The van der Waals surface area contributed by atoms with Crippen molar-refractivity contribution < 1.29 is 28.5 Å². The van der Waals surface area contributed by atoms with Crippen molar-refractivity contribution in [3.63, 3.8) is 0 Å². The first kappa shape index (κ1) is 36.1. The quantitative estimate of drug-likeness (QED) is 0.0915. The van der Waals surface area contributed by atoms with Gasteiger partial charge in [-0.2, -0.15) is 5.26 Å². The summed E-state index contributed by atoms with van der Waals surface area (Å²) in [5.74, 6) is 0.824. The second-order valence-corrected chi connectivity index (χ2v) is 12.5. The average molecular weight is 695 g/mol. The molecule has 10 nitrogen and oxygen atoms in total. The topological polar surface area (TPSA) is 122 Å². The molecule has 11 heteroatoms. The van der Waals surface area contributed by atoms with Crippen LogP contribution in [0.15, 0.2) is 84.9 Å². The van der Waals surface area contributed by atoms with Crippen molar-refractivity contribution in [2.75, 3.05) is 48.9 Å². The van der Waals surface area contributed by atoms with Gasteiger partial charge in [0.15, 0.2) is 0 Å². The fraction of sp³-hybridized carbons (Fsp3) is 0.308. The van der Waals surface area contributed by atoms with E-state index in [1.54, 1.807) is 37.1 Å². The molecule has 50 heavy (non-hydrogen) atoms. The second-order valence-electron chi connectivity index (χ2n) is 11.9. The van der Waals surface area contributed by atoms with Crippen molar-refractivity contribution in [3.05, 3.63) is 113 Å². The van der Waals surface area contributed by atoms with Crippen molar-refractivity contribution in [3.8, 4) is 23.3 Å². The van der Waals surface area contributed by atoms with Crippen molar-refractivity contribution in [1.82, 2.24) is 5.32 Å². The molecule has 4 aromatic carbocycles. The van der Waals surface area contributed by atoms with Gasteiger partial charge < -0.3 is 33.9 Å². The van der Waals surface area contributed by atoms with Crippen LogP contribution in [0, 0.1) is 24.2 Å². The van der Waals surface area contributed by atoms with E-state index in [1.165, 1.54) is 0 Å². The van der Waals surface area contributed by atoms with E-state index in [2.05, 4.69) is 40.1 Å². The summed E-state index contributed by atoms with van der Waals surface area (Å²) in [5.41, 5.74) is 6.39. The molecule has 260 valence electrons. The number of anilines is 2. The molecule has 1 heterocycles. The summed E-state index contributed by atoms with van der Waals surface area (Å²) in [6.45, 7) is 6.90. The molecule has 1 fully saturated rings. The van der Waals surface area contributed by atoms with Gasteiger partial charge in [0, 0.05) is 54.9 Å². The third-order valence-corrected chi connectivity index (χ3v) is 8.62. The maximum atomic E-state index is 13.0. The molecular formula is C39H42N4O6S. The Hall–Kier alpha value is -5.18. The Labute approximate surface area is 297 Å². The Morgan fingerprint density at radius 3 is 2.36 bits per heavy atom. The highest BCUT2D eigenvalue weighted by Crippen LogP contribution is 2.32. The molecule has 1 saturated heterocycles. The van der Waals surface area contributed by atoms with Crippen molar-refractivity contribution in [2.24, 2.45) is 5.92 Å². The fourth-order valence-electron chi connectivity index (χ4n) is 5.58. The molecule has 4 aromatic rings. The number of nitrogens with zero attached hydrogens (tertiary/aromatic N) is 2. The molecule has 1 amide bonds. The fourth-order valence-corrected chi connectivity index (χ4v) is 6.02. The van der Waals surface area contributed by atoms with Gasteiger partial charge in [0.05, 0.1) is 31.5 Å². The van der Waals surface area contributed by atoms with Gasteiger partial charge in [0.2, 0.25) is 0 Å². The lowest BCUT2D eigenvalue weighted by Gasteiger charge is -2.28. The number of nitriles is 1. The molecule has 0 spiro atoms. The Balaban J connectivity index is 1.34. The van der Waals surface area contributed by atoms with Crippen LogP contribution in [0.1, 0.15) is 46.0 Å². The van der Waals surface area contributed by atoms with E-state index < -0.39 is 11.9 Å². The third-order valence-electron chi connectivity index (χ3n) is 8.20. The average Bonchev–Trinajstić information content (AvgIpc) is 3.66. The van der Waals surface area contributed by atoms with Crippen LogP contribution in [-0.2, 0) is 27.4 Å². The summed E-state index contributed by atoms with van der Waals surface area (Å²) in [4.78, 5) is 27.2. The molecule has 0 aromatic heterocycles. The first-order valence-corrected chi connectivity index (χ1v) is 17.8. The second kappa shape index (κ2) is 18.0. The zero-order chi connectivity index (χ0) is 35.3. The SMILES string of the molecule is CCOC(=O)CNC(=O)c1cc(OCC2CCOC2)cc(Oc2ccc(CN(Cc3ccc(C#N)cc3)c3cccc(NSC)c3C)cc2)c1. The van der Waals surface area contributed by atoms with Gasteiger partial charge >= 0.3 is 5.97 Å². The number of ether oxygens (including phenoxy) is 4. The van der Waals surface area contributed by atoms with Crippen LogP contribution in [0.4, 0.5) is 11.4 Å². The summed E-state index contributed by atoms with van der Waals surface area (Å²) >= 11 is 1.55. The minimum atomic E-state index is -0.513. The van der Waals surface area contributed by atoms with Gasteiger partial charge in [0.1, 0.15) is 23.8 Å². The molecular weight excluding hydrogens is 653 g/mol. The molecule has 1 unspecified atom stereocenters. The highest BCUT2D eigenvalue weighted by Gasteiger charge is 2.19. The van der Waals surface area contributed by atoms with Gasteiger partial charge in [-0.05, 0) is 85.5 Å². The summed E-state index contributed by atoms with van der Waals surface area (Å²) in [5, 5.41) is 11.9. The zero-order valence-corrected chi connectivity index (χ0v) is 29.4. The number of carbonyl (C=O) groups is 2. The summed E-state index contributed by atoms with van der Waals surface area (Å²) in [6, 6.07) is 29.0. The minimum Gasteiger partial charge on any atom is -0.493 e. The lowest BCUT2D eigenvalue weighted by Crippen LogP contribution is -2.30. The van der Waals surface area contributed by atoms with Crippen LogP contribution in [0.5, 0.6) is 17.2 Å². The number of carbonyl (C=O) groups excluding carboxylic acids is 2. The highest BCUT2D eigenvalue weighted by molar-refractivity contribution is 7.99. The van der Waals surface area contributed by atoms with E-state index in [4.69, 9.17) is 18.9 Å². The lowest BCUT2D eigenvalue weighted by atomic mass is 10.1. The standard InChI is InChI=1S/C39H42N4O6S/c1-4-47-38(44)22-41-39(45)32-18-34(48-26-31-16-17-46-25-31)20-35(19-32)49-33-14-12-30(13-15-33)24-43(23-29-10-8-28(21-40)9-11-29)37-7-5-6-36(27(37)2)42-50-3/h5-15,18-20,31,42H,4,16-17,22-26H2,1-3H3,(H,41,45). The molecule has 1 aliphatic rings. The molecule has 0 saturated carbocycles. The number of esters is 1. The largest absolute Gasteiger partial charge is 0.493 e. The van der Waals surface area contributed by atoms with Crippen LogP contribution in [-0.4, -0.2) is 51.1 Å². The first-order chi connectivity index (χ1) is 24.3. The Morgan fingerprint density at radius 1 is 0.980 bits per heavy atom. The van der Waals surface area contributed by atoms with Crippen LogP contribution < -0.4 is 24.4 Å². The van der Waals surface area contributed by atoms with Gasteiger partial charge in [0.25, 0.3) is 5.91 Å². The van der Waals surface area contributed by atoms with E-state index in [0.29, 0.717) is 61.3 Å². The van der Waals surface area contributed by atoms with E-state index in [1.807, 2.05) is 60.9 Å². The van der Waals surface area contributed by atoms with Crippen molar-refractivity contribution in [1.29, 1.82) is 5.26 Å². The Bertz CT molecular complexity index is 1790. The summed E-state index contributed by atoms with van der Waals surface area (Å²) in [6.07, 6.45) is 2.92. The monoisotopic (exact) mass is 694 g/mol. The Kier molecular flexibility index (Phi) is 13.0. The molecule has 2 N–H and O–H groups in total. The maximum Gasteiger partial charge on any atom is 0.325 e. The molecule has 0 aliphatic carbocycles. The minimum absolute atomic E-state index is 0.233. The van der Waals surface area contributed by atoms with Crippen LogP contribution in [0.25, 0.3) is 0 Å². The van der Waals surface area contributed by atoms with Crippen LogP contribution in [0.2, 0.25) is 0 Å².